The molecule has 3 N–H and O–H groups in total. The van der Waals surface area contributed by atoms with E-state index in [-0.39, 0.29) is 5.91 Å². The van der Waals surface area contributed by atoms with Gasteiger partial charge < -0.3 is 11.1 Å². The van der Waals surface area contributed by atoms with E-state index in [0.717, 1.165) is 12.1 Å². The van der Waals surface area contributed by atoms with Crippen LogP contribution < -0.4 is 11.1 Å². The van der Waals surface area contributed by atoms with Gasteiger partial charge in [-0.15, -0.1) is 0 Å². The highest BCUT2D eigenvalue weighted by molar-refractivity contribution is 5.81. The van der Waals surface area contributed by atoms with E-state index < -0.39 is 6.04 Å². The maximum atomic E-state index is 12.1. The summed E-state index contributed by atoms with van der Waals surface area (Å²) < 4.78 is 0. The molecule has 1 aromatic carbocycles. The molecule has 0 spiro atoms. The van der Waals surface area contributed by atoms with Crippen molar-refractivity contribution in [2.45, 2.75) is 40.2 Å². The normalized spacial score (nSPS) is 21.2. The number of hydrogen-bond acceptors (Lipinski definition) is 2. The molecule has 0 bridgehead atoms. The Balaban J connectivity index is 1.81. The van der Waals surface area contributed by atoms with Crippen LogP contribution >= 0.6 is 0 Å². The van der Waals surface area contributed by atoms with Crippen LogP contribution in [0.4, 0.5) is 0 Å². The highest BCUT2D eigenvalue weighted by atomic mass is 16.2. The molecule has 1 aliphatic rings. The Morgan fingerprint density at radius 3 is 2.25 bits per heavy atom. The molecule has 110 valence electrons. The van der Waals surface area contributed by atoms with Crippen molar-refractivity contribution >= 4 is 5.91 Å². The Morgan fingerprint density at radius 2 is 1.75 bits per heavy atom. The van der Waals surface area contributed by atoms with Crippen LogP contribution in [0.1, 0.15) is 33.3 Å². The number of amides is 1. The van der Waals surface area contributed by atoms with Crippen LogP contribution in [0.5, 0.6) is 0 Å². The first-order valence-electron chi connectivity index (χ1n) is 7.34. The fraction of sp³-hybridized carbons (Fsp3) is 0.588. The molecule has 3 nitrogen and oxygen atoms in total. The predicted octanol–water partition coefficient (Wildman–Crippen LogP) is 2.35. The molecule has 1 aliphatic carbocycles. The van der Waals surface area contributed by atoms with Gasteiger partial charge in [-0.25, -0.2) is 0 Å². The summed E-state index contributed by atoms with van der Waals surface area (Å²) in [6.07, 6.45) is 0.587. The van der Waals surface area contributed by atoms with Gasteiger partial charge in [-0.3, -0.25) is 4.79 Å². The van der Waals surface area contributed by atoms with E-state index in [1.165, 1.54) is 0 Å². The van der Waals surface area contributed by atoms with Crippen molar-refractivity contribution in [2.24, 2.45) is 22.5 Å². The van der Waals surface area contributed by atoms with Gasteiger partial charge in [-0.2, -0.15) is 0 Å². The van der Waals surface area contributed by atoms with Gasteiger partial charge in [0.25, 0.3) is 0 Å². The number of nitrogens with two attached hydrogens (primary N) is 1. The lowest BCUT2D eigenvalue weighted by molar-refractivity contribution is -0.122. The molecule has 1 fully saturated rings. The van der Waals surface area contributed by atoms with Crippen molar-refractivity contribution in [2.75, 3.05) is 6.54 Å². The van der Waals surface area contributed by atoms with Crippen LogP contribution in [0.15, 0.2) is 30.3 Å². The second-order valence-electron chi connectivity index (χ2n) is 7.04. The molecule has 20 heavy (non-hydrogen) atoms. The van der Waals surface area contributed by atoms with Gasteiger partial charge in [0.2, 0.25) is 5.91 Å². The van der Waals surface area contributed by atoms with E-state index >= 15 is 0 Å². The lowest BCUT2D eigenvalue weighted by atomic mass is 10.0. The highest BCUT2D eigenvalue weighted by Gasteiger charge is 2.64. The van der Waals surface area contributed by atoms with E-state index in [9.17, 15) is 4.79 Å². The Hall–Kier alpha value is -1.35. The van der Waals surface area contributed by atoms with Gasteiger partial charge >= 0.3 is 0 Å². The van der Waals surface area contributed by atoms with Crippen molar-refractivity contribution in [1.82, 2.24) is 5.32 Å². The Kier molecular flexibility index (Phi) is 3.92. The minimum Gasteiger partial charge on any atom is -0.354 e. The summed E-state index contributed by atoms with van der Waals surface area (Å²) in [6.45, 7) is 9.75. The summed E-state index contributed by atoms with van der Waals surface area (Å²) in [5.74, 6) is 0.482. The number of rotatable bonds is 5. The third-order valence-corrected chi connectivity index (χ3v) is 5.44. The van der Waals surface area contributed by atoms with Crippen molar-refractivity contribution in [3.05, 3.63) is 35.9 Å². The van der Waals surface area contributed by atoms with Crippen molar-refractivity contribution < 1.29 is 4.79 Å². The fourth-order valence-electron chi connectivity index (χ4n) is 3.14. The maximum absolute atomic E-state index is 12.1. The van der Waals surface area contributed by atoms with Gasteiger partial charge in [0.15, 0.2) is 0 Å². The van der Waals surface area contributed by atoms with Crippen LogP contribution in [0.25, 0.3) is 0 Å². The number of carbonyl (C=O) groups is 1. The van der Waals surface area contributed by atoms with E-state index in [1.54, 1.807) is 0 Å². The van der Waals surface area contributed by atoms with E-state index in [2.05, 4.69) is 33.0 Å². The van der Waals surface area contributed by atoms with Gasteiger partial charge in [-0.05, 0) is 28.7 Å². The minimum atomic E-state index is -0.470. The Bertz CT molecular complexity index is 465. The lowest BCUT2D eigenvalue weighted by Crippen LogP contribution is -2.43. The first-order chi connectivity index (χ1) is 9.26. The van der Waals surface area contributed by atoms with E-state index in [0.29, 0.717) is 23.2 Å². The van der Waals surface area contributed by atoms with Crippen LogP contribution in [-0.4, -0.2) is 18.5 Å². The fourth-order valence-corrected chi connectivity index (χ4v) is 3.14. The van der Waals surface area contributed by atoms with Crippen molar-refractivity contribution in [3.8, 4) is 0 Å². The molecule has 0 saturated heterocycles. The molecule has 1 amide bonds. The first kappa shape index (κ1) is 15.0. The zero-order valence-electron chi connectivity index (χ0n) is 12.9. The molecule has 0 radical (unpaired) electrons. The number of benzene rings is 1. The van der Waals surface area contributed by atoms with Gasteiger partial charge in [-0.1, -0.05) is 58.0 Å². The molecule has 1 atom stereocenters. The average molecular weight is 274 g/mol. The summed E-state index contributed by atoms with van der Waals surface area (Å²) in [5.41, 5.74) is 7.67. The summed E-state index contributed by atoms with van der Waals surface area (Å²) in [6, 6.07) is 9.43. The number of nitrogens with one attached hydrogen (secondary N) is 1. The third kappa shape index (κ3) is 2.73. The van der Waals surface area contributed by atoms with Crippen molar-refractivity contribution in [3.63, 3.8) is 0 Å². The standard InChI is InChI=1S/C17H26N2O/c1-16(2)14(17(16,3)4)11-19-15(20)13(18)10-12-8-6-5-7-9-12/h5-9,13-14H,10-11,18H2,1-4H3,(H,19,20). The topological polar surface area (TPSA) is 55.1 Å². The van der Waals surface area contributed by atoms with Crippen LogP contribution in [0, 0.1) is 16.7 Å². The average Bonchev–Trinajstić information content (AvgIpc) is 2.78. The molecule has 0 aliphatic heterocycles. The first-order valence-corrected chi connectivity index (χ1v) is 7.34. The molecule has 1 aromatic rings. The zero-order valence-corrected chi connectivity index (χ0v) is 12.9. The van der Waals surface area contributed by atoms with Crippen LogP contribution in [-0.2, 0) is 11.2 Å². The Labute approximate surface area is 121 Å². The second-order valence-corrected chi connectivity index (χ2v) is 7.04. The smallest absolute Gasteiger partial charge is 0.237 e. The molecule has 0 heterocycles. The van der Waals surface area contributed by atoms with Gasteiger partial charge in [0, 0.05) is 6.54 Å². The lowest BCUT2D eigenvalue weighted by Gasteiger charge is -2.13. The van der Waals surface area contributed by atoms with Gasteiger partial charge in [0.1, 0.15) is 0 Å². The minimum absolute atomic E-state index is 0.0487. The summed E-state index contributed by atoms with van der Waals surface area (Å²) in [7, 11) is 0. The summed E-state index contributed by atoms with van der Waals surface area (Å²) >= 11 is 0. The quantitative estimate of drug-likeness (QED) is 0.866. The summed E-state index contributed by atoms with van der Waals surface area (Å²) in [5, 5.41) is 3.01. The van der Waals surface area contributed by atoms with E-state index in [4.69, 9.17) is 5.73 Å². The Morgan fingerprint density at radius 1 is 1.20 bits per heavy atom. The summed E-state index contributed by atoms with van der Waals surface area (Å²) in [4.78, 5) is 12.1. The zero-order chi connectivity index (χ0) is 15.0. The molecule has 0 aromatic heterocycles. The van der Waals surface area contributed by atoms with Crippen LogP contribution in [0.3, 0.4) is 0 Å². The molecule has 3 heteroatoms. The predicted molar refractivity (Wildman–Crippen MR) is 82.2 cm³/mol. The molecule has 1 saturated carbocycles. The second kappa shape index (κ2) is 5.21. The largest absolute Gasteiger partial charge is 0.354 e. The molecular weight excluding hydrogens is 248 g/mol. The SMILES string of the molecule is CC1(C)C(CNC(=O)C(N)Cc2ccccc2)C1(C)C. The molecule has 2 rings (SSSR count). The van der Waals surface area contributed by atoms with Crippen LogP contribution in [0.2, 0.25) is 0 Å². The third-order valence-electron chi connectivity index (χ3n) is 5.44. The number of hydrogen-bond donors (Lipinski definition) is 2. The van der Waals surface area contributed by atoms with E-state index in [1.807, 2.05) is 30.3 Å². The van der Waals surface area contributed by atoms with Crippen molar-refractivity contribution in [1.29, 1.82) is 0 Å². The highest BCUT2D eigenvalue weighted by Crippen LogP contribution is 2.67. The molecular formula is C17H26N2O. The maximum Gasteiger partial charge on any atom is 0.237 e. The molecule has 1 unspecified atom stereocenters. The van der Waals surface area contributed by atoms with Gasteiger partial charge in [0.05, 0.1) is 6.04 Å². The monoisotopic (exact) mass is 274 g/mol. The number of carbonyl (C=O) groups excluding carboxylic acids is 1.